The maximum absolute atomic E-state index is 5.39. The first-order valence-corrected chi connectivity index (χ1v) is 3.32. The Morgan fingerprint density at radius 1 is 1.58 bits per heavy atom. The van der Waals surface area contributed by atoms with Gasteiger partial charge < -0.3 is 10.5 Å². The van der Waals surface area contributed by atoms with Gasteiger partial charge in [0.05, 0.1) is 7.11 Å². The Balaban J connectivity index is 2.78. The molecular weight excluding hydrogens is 158 g/mol. The number of hydrogen-bond acceptors (Lipinski definition) is 5. The van der Waals surface area contributed by atoms with E-state index in [0.29, 0.717) is 11.7 Å². The molecule has 0 aliphatic carbocycles. The molecule has 0 bridgehead atoms. The number of fused-ring (bicyclic) bond motifs is 1. The van der Waals surface area contributed by atoms with E-state index in [1.807, 2.05) is 0 Å². The van der Waals surface area contributed by atoms with Crippen molar-refractivity contribution < 1.29 is 4.74 Å². The summed E-state index contributed by atoms with van der Waals surface area (Å²) in [5.41, 5.74) is 6.01. The van der Waals surface area contributed by atoms with Crippen molar-refractivity contribution in [2.45, 2.75) is 0 Å². The van der Waals surface area contributed by atoms with Gasteiger partial charge in [0.25, 0.3) is 0 Å². The van der Waals surface area contributed by atoms with Crippen LogP contribution in [0.25, 0.3) is 5.65 Å². The lowest BCUT2D eigenvalue weighted by atomic mass is 10.6. The highest BCUT2D eigenvalue weighted by atomic mass is 16.5. The minimum Gasteiger partial charge on any atom is -0.467 e. The number of hydrogen-bond donors (Lipinski definition) is 1. The van der Waals surface area contributed by atoms with Crippen LogP contribution >= 0.6 is 0 Å². The molecule has 2 N–H and O–H groups in total. The van der Waals surface area contributed by atoms with Crippen LogP contribution in [0.5, 0.6) is 6.01 Å². The van der Waals surface area contributed by atoms with Crippen molar-refractivity contribution in [2.75, 3.05) is 12.8 Å². The standard InChI is InChI=1S/C6H7N5O/c1-12-6-8-3-2-4-9-5(7)10-11(4)6/h2-3H,1H3,(H2,7,10). The zero-order chi connectivity index (χ0) is 8.55. The molecule has 0 fully saturated rings. The van der Waals surface area contributed by atoms with Gasteiger partial charge in [0.2, 0.25) is 5.95 Å². The topological polar surface area (TPSA) is 78.3 Å². The highest BCUT2D eigenvalue weighted by Crippen LogP contribution is 2.08. The molecule has 2 heterocycles. The van der Waals surface area contributed by atoms with E-state index >= 15 is 0 Å². The van der Waals surface area contributed by atoms with Crippen LogP contribution in [0.1, 0.15) is 0 Å². The molecule has 6 nitrogen and oxygen atoms in total. The minimum atomic E-state index is 0.210. The fourth-order valence-corrected chi connectivity index (χ4v) is 0.951. The number of nitrogens with two attached hydrogens (primary N) is 1. The number of anilines is 1. The van der Waals surface area contributed by atoms with Crippen LogP contribution in [-0.4, -0.2) is 26.7 Å². The van der Waals surface area contributed by atoms with Crippen molar-refractivity contribution in [3.05, 3.63) is 12.3 Å². The highest BCUT2D eigenvalue weighted by Gasteiger charge is 2.04. The molecular formula is C6H7N5O. The average Bonchev–Trinajstić information content (AvgIpc) is 2.44. The molecule has 0 spiro atoms. The Hall–Kier alpha value is -1.85. The van der Waals surface area contributed by atoms with Crippen molar-refractivity contribution >= 4 is 11.6 Å². The Kier molecular flexibility index (Phi) is 1.33. The molecule has 0 saturated heterocycles. The summed E-state index contributed by atoms with van der Waals surface area (Å²) < 4.78 is 6.37. The summed E-state index contributed by atoms with van der Waals surface area (Å²) >= 11 is 0. The first kappa shape index (κ1) is 6.84. The zero-order valence-electron chi connectivity index (χ0n) is 6.43. The molecule has 0 amide bonds. The van der Waals surface area contributed by atoms with Gasteiger partial charge in [-0.3, -0.25) is 0 Å². The second kappa shape index (κ2) is 2.33. The fourth-order valence-electron chi connectivity index (χ4n) is 0.951. The van der Waals surface area contributed by atoms with E-state index in [9.17, 15) is 0 Å². The van der Waals surface area contributed by atoms with Crippen LogP contribution < -0.4 is 10.5 Å². The lowest BCUT2D eigenvalue weighted by Gasteiger charge is -1.97. The van der Waals surface area contributed by atoms with Crippen molar-refractivity contribution in [1.82, 2.24) is 19.6 Å². The second-order valence-electron chi connectivity index (χ2n) is 2.17. The maximum atomic E-state index is 5.39. The number of nitrogens with zero attached hydrogens (tertiary/aromatic N) is 4. The third-order valence-corrected chi connectivity index (χ3v) is 1.42. The van der Waals surface area contributed by atoms with E-state index in [0.717, 1.165) is 0 Å². The Labute approximate surface area is 68.0 Å². The minimum absolute atomic E-state index is 0.210. The summed E-state index contributed by atoms with van der Waals surface area (Å²) in [5, 5.41) is 3.88. The number of ether oxygens (including phenoxy) is 1. The Bertz CT molecular complexity index is 409. The maximum Gasteiger partial charge on any atom is 0.319 e. The normalized spacial score (nSPS) is 10.4. The number of methoxy groups -OCH3 is 1. The average molecular weight is 165 g/mol. The van der Waals surface area contributed by atoms with Crippen molar-refractivity contribution in [1.29, 1.82) is 0 Å². The van der Waals surface area contributed by atoms with Crippen LogP contribution in [0.3, 0.4) is 0 Å². The van der Waals surface area contributed by atoms with Crippen LogP contribution in [0.2, 0.25) is 0 Å². The van der Waals surface area contributed by atoms with E-state index in [-0.39, 0.29) is 5.95 Å². The molecule has 0 radical (unpaired) electrons. The molecule has 0 atom stereocenters. The van der Waals surface area contributed by atoms with Crippen LogP contribution in [0.15, 0.2) is 12.3 Å². The smallest absolute Gasteiger partial charge is 0.319 e. The molecule has 62 valence electrons. The van der Waals surface area contributed by atoms with E-state index in [2.05, 4.69) is 15.1 Å². The number of aromatic nitrogens is 4. The zero-order valence-corrected chi connectivity index (χ0v) is 6.43. The predicted octanol–water partition coefficient (Wildman–Crippen LogP) is -0.285. The first-order chi connectivity index (χ1) is 5.81. The summed E-state index contributed by atoms with van der Waals surface area (Å²) in [6, 6.07) is 2.07. The van der Waals surface area contributed by atoms with Crippen molar-refractivity contribution in [2.24, 2.45) is 0 Å². The van der Waals surface area contributed by atoms with Gasteiger partial charge in [-0.25, -0.2) is 4.98 Å². The SMILES string of the molecule is COc1nccc2nc(N)nn12. The quantitative estimate of drug-likeness (QED) is 0.628. The van der Waals surface area contributed by atoms with E-state index in [4.69, 9.17) is 10.5 Å². The molecule has 2 rings (SSSR count). The number of nitrogen functional groups attached to an aromatic ring is 1. The number of rotatable bonds is 1. The second-order valence-corrected chi connectivity index (χ2v) is 2.17. The summed E-state index contributed by atoms with van der Waals surface area (Å²) in [7, 11) is 1.51. The Morgan fingerprint density at radius 3 is 3.17 bits per heavy atom. The van der Waals surface area contributed by atoms with Gasteiger partial charge in [-0.15, -0.1) is 5.10 Å². The lowest BCUT2D eigenvalue weighted by Crippen LogP contribution is -1.98. The molecule has 0 unspecified atom stereocenters. The van der Waals surface area contributed by atoms with E-state index in [1.54, 1.807) is 12.3 Å². The van der Waals surface area contributed by atoms with Crippen LogP contribution in [0, 0.1) is 0 Å². The van der Waals surface area contributed by atoms with E-state index in [1.165, 1.54) is 11.6 Å². The monoisotopic (exact) mass is 165 g/mol. The van der Waals surface area contributed by atoms with Gasteiger partial charge in [0.1, 0.15) is 0 Å². The summed E-state index contributed by atoms with van der Waals surface area (Å²) in [4.78, 5) is 7.85. The third kappa shape index (κ3) is 0.849. The summed E-state index contributed by atoms with van der Waals surface area (Å²) in [6.45, 7) is 0. The van der Waals surface area contributed by atoms with Gasteiger partial charge in [-0.05, 0) is 0 Å². The van der Waals surface area contributed by atoms with Gasteiger partial charge in [0.15, 0.2) is 5.65 Å². The molecule has 2 aromatic rings. The first-order valence-electron chi connectivity index (χ1n) is 3.32. The van der Waals surface area contributed by atoms with Gasteiger partial charge >= 0.3 is 6.01 Å². The third-order valence-electron chi connectivity index (χ3n) is 1.42. The fraction of sp³-hybridized carbons (Fsp3) is 0.167. The van der Waals surface area contributed by atoms with Gasteiger partial charge in [-0.2, -0.15) is 9.50 Å². The molecule has 0 aromatic carbocycles. The van der Waals surface area contributed by atoms with Crippen molar-refractivity contribution in [3.8, 4) is 6.01 Å². The van der Waals surface area contributed by atoms with E-state index < -0.39 is 0 Å². The molecule has 2 aromatic heterocycles. The Morgan fingerprint density at radius 2 is 2.42 bits per heavy atom. The van der Waals surface area contributed by atoms with Crippen LogP contribution in [0.4, 0.5) is 5.95 Å². The highest BCUT2D eigenvalue weighted by molar-refractivity contribution is 5.41. The molecule has 12 heavy (non-hydrogen) atoms. The van der Waals surface area contributed by atoms with Gasteiger partial charge in [-0.1, -0.05) is 0 Å². The van der Waals surface area contributed by atoms with Crippen LogP contribution in [-0.2, 0) is 0 Å². The molecule has 0 aliphatic rings. The largest absolute Gasteiger partial charge is 0.467 e. The lowest BCUT2D eigenvalue weighted by molar-refractivity contribution is 0.367. The molecule has 6 heteroatoms. The molecule has 0 aliphatic heterocycles. The summed E-state index contributed by atoms with van der Waals surface area (Å²) in [5.74, 6) is 0.210. The van der Waals surface area contributed by atoms with Gasteiger partial charge in [0, 0.05) is 12.3 Å². The molecule has 0 saturated carbocycles. The predicted molar refractivity (Wildman–Crippen MR) is 41.7 cm³/mol. The van der Waals surface area contributed by atoms with Crippen molar-refractivity contribution in [3.63, 3.8) is 0 Å². The summed E-state index contributed by atoms with van der Waals surface area (Å²) in [6.07, 6.45) is 1.59.